The molecule has 2 rings (SSSR count). The SMILES string of the molecule is CC(C)(c1ccccc1F)C1CCCNC1. The van der Waals surface area contributed by atoms with Crippen LogP contribution in [-0.2, 0) is 5.41 Å². The Hall–Kier alpha value is -0.890. The summed E-state index contributed by atoms with van der Waals surface area (Å²) in [7, 11) is 0. The van der Waals surface area contributed by atoms with Gasteiger partial charge in [0.1, 0.15) is 5.82 Å². The Morgan fingerprint density at radius 3 is 2.69 bits per heavy atom. The molecule has 1 aromatic rings. The van der Waals surface area contributed by atoms with E-state index in [9.17, 15) is 4.39 Å². The van der Waals surface area contributed by atoms with Crippen molar-refractivity contribution in [1.82, 2.24) is 5.32 Å². The summed E-state index contributed by atoms with van der Waals surface area (Å²) >= 11 is 0. The molecule has 1 unspecified atom stereocenters. The summed E-state index contributed by atoms with van der Waals surface area (Å²) in [5.74, 6) is 0.455. The van der Waals surface area contributed by atoms with Crippen LogP contribution in [0.25, 0.3) is 0 Å². The summed E-state index contributed by atoms with van der Waals surface area (Å²) in [6, 6.07) is 7.17. The normalized spacial score (nSPS) is 22.1. The average Bonchev–Trinajstić information content (AvgIpc) is 2.30. The molecule has 1 aromatic carbocycles. The fourth-order valence-corrected chi connectivity index (χ4v) is 2.67. The lowest BCUT2D eigenvalue weighted by Crippen LogP contribution is -2.41. The number of hydrogen-bond donors (Lipinski definition) is 1. The predicted molar refractivity (Wildman–Crippen MR) is 65.0 cm³/mol. The monoisotopic (exact) mass is 221 g/mol. The maximum absolute atomic E-state index is 13.8. The number of rotatable bonds is 2. The number of benzene rings is 1. The molecule has 0 radical (unpaired) electrons. The minimum atomic E-state index is -0.0846. The van der Waals surface area contributed by atoms with Crippen molar-refractivity contribution >= 4 is 0 Å². The molecule has 1 fully saturated rings. The first-order valence-corrected chi connectivity index (χ1v) is 6.08. The first-order chi connectivity index (χ1) is 7.62. The van der Waals surface area contributed by atoms with Crippen molar-refractivity contribution < 1.29 is 4.39 Å². The Morgan fingerprint density at radius 1 is 1.31 bits per heavy atom. The number of nitrogens with one attached hydrogen (secondary N) is 1. The van der Waals surface area contributed by atoms with Crippen molar-refractivity contribution in [2.45, 2.75) is 32.1 Å². The number of hydrogen-bond acceptors (Lipinski definition) is 1. The molecular formula is C14H20FN. The Balaban J connectivity index is 2.26. The van der Waals surface area contributed by atoms with E-state index in [1.807, 2.05) is 12.1 Å². The molecule has 0 bridgehead atoms. The molecule has 2 heteroatoms. The van der Waals surface area contributed by atoms with Crippen LogP contribution in [0.5, 0.6) is 0 Å². The van der Waals surface area contributed by atoms with Crippen LogP contribution in [0, 0.1) is 11.7 Å². The van der Waals surface area contributed by atoms with Gasteiger partial charge in [-0.15, -0.1) is 0 Å². The zero-order chi connectivity index (χ0) is 11.6. The highest BCUT2D eigenvalue weighted by molar-refractivity contribution is 5.26. The molecule has 16 heavy (non-hydrogen) atoms. The first kappa shape index (κ1) is 11.6. The van der Waals surface area contributed by atoms with E-state index in [-0.39, 0.29) is 11.2 Å². The summed E-state index contributed by atoms with van der Waals surface area (Å²) in [6.07, 6.45) is 2.39. The van der Waals surface area contributed by atoms with Gasteiger partial charge in [-0.2, -0.15) is 0 Å². The molecule has 0 aliphatic carbocycles. The van der Waals surface area contributed by atoms with Crippen LogP contribution in [0.15, 0.2) is 24.3 Å². The second-order valence-corrected chi connectivity index (χ2v) is 5.24. The zero-order valence-electron chi connectivity index (χ0n) is 10.1. The highest BCUT2D eigenvalue weighted by atomic mass is 19.1. The van der Waals surface area contributed by atoms with Crippen molar-refractivity contribution in [2.24, 2.45) is 5.92 Å². The second kappa shape index (κ2) is 4.54. The van der Waals surface area contributed by atoms with Gasteiger partial charge in [0.2, 0.25) is 0 Å². The maximum Gasteiger partial charge on any atom is 0.126 e. The second-order valence-electron chi connectivity index (χ2n) is 5.24. The number of piperidine rings is 1. The van der Waals surface area contributed by atoms with Crippen molar-refractivity contribution in [3.05, 3.63) is 35.6 Å². The molecule has 0 spiro atoms. The molecule has 1 aliphatic rings. The van der Waals surface area contributed by atoms with Crippen LogP contribution >= 0.6 is 0 Å². The van der Waals surface area contributed by atoms with E-state index in [1.54, 1.807) is 12.1 Å². The van der Waals surface area contributed by atoms with Crippen LogP contribution in [0.4, 0.5) is 4.39 Å². The predicted octanol–water partition coefficient (Wildman–Crippen LogP) is 3.10. The third-order valence-corrected chi connectivity index (χ3v) is 3.89. The van der Waals surface area contributed by atoms with Gasteiger partial charge < -0.3 is 5.32 Å². The highest BCUT2D eigenvalue weighted by Crippen LogP contribution is 2.36. The van der Waals surface area contributed by atoms with Crippen molar-refractivity contribution in [1.29, 1.82) is 0 Å². The van der Waals surface area contributed by atoms with Crippen LogP contribution in [0.1, 0.15) is 32.3 Å². The Labute approximate surface area is 97.1 Å². The van der Waals surface area contributed by atoms with Crippen LogP contribution < -0.4 is 5.32 Å². The van der Waals surface area contributed by atoms with Gasteiger partial charge in [-0.3, -0.25) is 0 Å². The quantitative estimate of drug-likeness (QED) is 0.809. The van der Waals surface area contributed by atoms with Gasteiger partial charge in [-0.25, -0.2) is 4.39 Å². The van der Waals surface area contributed by atoms with Crippen molar-refractivity contribution in [2.75, 3.05) is 13.1 Å². The highest BCUT2D eigenvalue weighted by Gasteiger charge is 2.33. The largest absolute Gasteiger partial charge is 0.316 e. The van der Waals surface area contributed by atoms with Crippen LogP contribution in [0.2, 0.25) is 0 Å². The molecule has 1 atom stereocenters. The van der Waals surface area contributed by atoms with Gasteiger partial charge in [0.25, 0.3) is 0 Å². The van der Waals surface area contributed by atoms with E-state index in [0.717, 1.165) is 18.7 Å². The van der Waals surface area contributed by atoms with Gasteiger partial charge in [0.05, 0.1) is 0 Å². The summed E-state index contributed by atoms with van der Waals surface area (Å²) in [5.41, 5.74) is 0.766. The Morgan fingerprint density at radius 2 is 2.06 bits per heavy atom. The fraction of sp³-hybridized carbons (Fsp3) is 0.571. The minimum absolute atomic E-state index is 0.0712. The average molecular weight is 221 g/mol. The summed E-state index contributed by atoms with van der Waals surface area (Å²) in [5, 5.41) is 3.41. The first-order valence-electron chi connectivity index (χ1n) is 6.08. The lowest BCUT2D eigenvalue weighted by atomic mass is 9.70. The zero-order valence-corrected chi connectivity index (χ0v) is 10.1. The van der Waals surface area contributed by atoms with Gasteiger partial charge in [0.15, 0.2) is 0 Å². The third-order valence-electron chi connectivity index (χ3n) is 3.89. The molecule has 1 saturated heterocycles. The standard InChI is InChI=1S/C14H20FN/c1-14(2,11-6-5-9-16-10-11)12-7-3-4-8-13(12)15/h3-4,7-8,11,16H,5-6,9-10H2,1-2H3. The lowest BCUT2D eigenvalue weighted by molar-refractivity contribution is 0.246. The van der Waals surface area contributed by atoms with E-state index in [4.69, 9.17) is 0 Å². The van der Waals surface area contributed by atoms with E-state index >= 15 is 0 Å². The molecular weight excluding hydrogens is 201 g/mol. The molecule has 0 amide bonds. The minimum Gasteiger partial charge on any atom is -0.316 e. The molecule has 1 aliphatic heterocycles. The molecule has 1 N–H and O–H groups in total. The summed E-state index contributed by atoms with van der Waals surface area (Å²) in [4.78, 5) is 0. The van der Waals surface area contributed by atoms with E-state index in [0.29, 0.717) is 5.92 Å². The van der Waals surface area contributed by atoms with E-state index in [1.165, 1.54) is 12.8 Å². The summed E-state index contributed by atoms with van der Waals surface area (Å²) in [6.45, 7) is 6.41. The van der Waals surface area contributed by atoms with Gasteiger partial charge in [-0.1, -0.05) is 32.0 Å². The van der Waals surface area contributed by atoms with Crippen LogP contribution in [-0.4, -0.2) is 13.1 Å². The molecule has 1 heterocycles. The lowest BCUT2D eigenvalue weighted by Gasteiger charge is -2.38. The maximum atomic E-state index is 13.8. The molecule has 0 aromatic heterocycles. The fourth-order valence-electron chi connectivity index (χ4n) is 2.67. The molecule has 88 valence electrons. The van der Waals surface area contributed by atoms with Crippen molar-refractivity contribution in [3.63, 3.8) is 0 Å². The van der Waals surface area contributed by atoms with Gasteiger partial charge >= 0.3 is 0 Å². The summed E-state index contributed by atoms with van der Waals surface area (Å²) < 4.78 is 13.8. The van der Waals surface area contributed by atoms with Gasteiger partial charge in [-0.05, 0) is 48.9 Å². The Bertz CT molecular complexity index is 354. The third kappa shape index (κ3) is 2.12. The smallest absolute Gasteiger partial charge is 0.126 e. The number of halogens is 1. The van der Waals surface area contributed by atoms with Gasteiger partial charge in [0, 0.05) is 0 Å². The van der Waals surface area contributed by atoms with Crippen molar-refractivity contribution in [3.8, 4) is 0 Å². The van der Waals surface area contributed by atoms with Crippen LogP contribution in [0.3, 0.4) is 0 Å². The molecule has 1 nitrogen and oxygen atoms in total. The van der Waals surface area contributed by atoms with E-state index in [2.05, 4.69) is 19.2 Å². The topological polar surface area (TPSA) is 12.0 Å². The molecule has 0 saturated carbocycles. The Kier molecular flexibility index (Phi) is 3.29. The van der Waals surface area contributed by atoms with E-state index < -0.39 is 0 Å².